The molecule has 3 heterocycles. The second-order valence-corrected chi connectivity index (χ2v) is 8.75. The van der Waals surface area contributed by atoms with Crippen LogP contribution in [0.15, 0.2) is 65.3 Å². The monoisotopic (exact) mass is 439 g/mol. The van der Waals surface area contributed by atoms with E-state index in [0.29, 0.717) is 17.0 Å². The van der Waals surface area contributed by atoms with Crippen molar-refractivity contribution in [3.05, 3.63) is 103 Å². The standard InChI is InChI=1S/C23H22ClN3O2S/c1-15-8-17(5-6-20(15)26-11-16(2)25-14-26)9-18-10-19(24)12-27(23(18)29)21(13-28)22-4-3-7-30-22/h3-8,10-12,14,21,28H,9,13H2,1-2H3/t21-/m0/s1. The lowest BCUT2D eigenvalue weighted by Gasteiger charge is -2.18. The number of nitrogens with zero attached hydrogens (tertiary/aromatic N) is 3. The van der Waals surface area contributed by atoms with Crippen LogP contribution in [-0.4, -0.2) is 25.8 Å². The maximum atomic E-state index is 13.2. The molecule has 0 aliphatic carbocycles. The summed E-state index contributed by atoms with van der Waals surface area (Å²) in [5.74, 6) is 0. The van der Waals surface area contributed by atoms with Gasteiger partial charge in [0.1, 0.15) is 0 Å². The first-order valence-electron chi connectivity index (χ1n) is 9.61. The Morgan fingerprint density at radius 1 is 1.20 bits per heavy atom. The van der Waals surface area contributed by atoms with Gasteiger partial charge in [-0.25, -0.2) is 4.98 Å². The predicted octanol–water partition coefficient (Wildman–Crippen LogP) is 4.54. The summed E-state index contributed by atoms with van der Waals surface area (Å²) in [7, 11) is 0. The summed E-state index contributed by atoms with van der Waals surface area (Å²) in [5, 5.41) is 12.3. The molecule has 1 aromatic carbocycles. The molecule has 30 heavy (non-hydrogen) atoms. The van der Waals surface area contributed by atoms with Crippen molar-refractivity contribution < 1.29 is 5.11 Å². The highest BCUT2D eigenvalue weighted by atomic mass is 35.5. The Morgan fingerprint density at radius 3 is 2.67 bits per heavy atom. The Labute approximate surface area is 183 Å². The molecule has 5 nitrogen and oxygen atoms in total. The van der Waals surface area contributed by atoms with Crippen molar-refractivity contribution in [2.24, 2.45) is 0 Å². The summed E-state index contributed by atoms with van der Waals surface area (Å²) < 4.78 is 3.53. The number of imidazole rings is 1. The predicted molar refractivity (Wildman–Crippen MR) is 121 cm³/mol. The maximum Gasteiger partial charge on any atom is 0.254 e. The van der Waals surface area contributed by atoms with Crippen LogP contribution in [0.3, 0.4) is 0 Å². The molecule has 0 spiro atoms. The molecule has 0 bridgehead atoms. The van der Waals surface area contributed by atoms with Crippen molar-refractivity contribution in [3.8, 4) is 5.69 Å². The number of rotatable bonds is 6. The van der Waals surface area contributed by atoms with Crippen LogP contribution in [0.4, 0.5) is 0 Å². The number of benzene rings is 1. The fraction of sp³-hybridized carbons (Fsp3) is 0.217. The van der Waals surface area contributed by atoms with E-state index in [0.717, 1.165) is 27.4 Å². The minimum atomic E-state index is -0.441. The molecular formula is C23H22ClN3O2S. The van der Waals surface area contributed by atoms with Gasteiger partial charge in [-0.1, -0.05) is 29.8 Å². The zero-order chi connectivity index (χ0) is 21.3. The van der Waals surface area contributed by atoms with Gasteiger partial charge in [0.15, 0.2) is 0 Å². The largest absolute Gasteiger partial charge is 0.394 e. The number of aromatic nitrogens is 3. The van der Waals surface area contributed by atoms with E-state index in [1.54, 1.807) is 23.2 Å². The third kappa shape index (κ3) is 4.12. The third-order valence-corrected chi connectivity index (χ3v) is 6.29. The SMILES string of the molecule is Cc1cn(-c2ccc(Cc3cc(Cl)cn([C@@H](CO)c4cccs4)c3=O)cc2C)cn1. The van der Waals surface area contributed by atoms with Gasteiger partial charge in [-0.2, -0.15) is 0 Å². The van der Waals surface area contributed by atoms with E-state index in [4.69, 9.17) is 11.6 Å². The first-order valence-corrected chi connectivity index (χ1v) is 10.9. The average Bonchev–Trinajstić information content (AvgIpc) is 3.38. The molecular weight excluding hydrogens is 418 g/mol. The quantitative estimate of drug-likeness (QED) is 0.480. The van der Waals surface area contributed by atoms with Crippen molar-refractivity contribution in [1.82, 2.24) is 14.1 Å². The van der Waals surface area contributed by atoms with E-state index in [2.05, 4.69) is 11.1 Å². The van der Waals surface area contributed by atoms with Crippen LogP contribution in [0.2, 0.25) is 5.02 Å². The lowest BCUT2D eigenvalue weighted by atomic mass is 10.0. The zero-order valence-electron chi connectivity index (χ0n) is 16.7. The van der Waals surface area contributed by atoms with Gasteiger partial charge in [0.2, 0.25) is 0 Å². The number of aliphatic hydroxyl groups excluding tert-OH is 1. The molecule has 1 atom stereocenters. The van der Waals surface area contributed by atoms with E-state index in [-0.39, 0.29) is 12.2 Å². The average molecular weight is 440 g/mol. The molecule has 4 aromatic rings. The van der Waals surface area contributed by atoms with Crippen LogP contribution < -0.4 is 5.56 Å². The number of aryl methyl sites for hydroxylation is 2. The highest BCUT2D eigenvalue weighted by Crippen LogP contribution is 2.24. The topological polar surface area (TPSA) is 60.0 Å². The molecule has 0 radical (unpaired) electrons. The summed E-state index contributed by atoms with van der Waals surface area (Å²) in [5.41, 5.74) is 4.60. The molecule has 3 aromatic heterocycles. The number of pyridine rings is 1. The lowest BCUT2D eigenvalue weighted by molar-refractivity contribution is 0.248. The van der Waals surface area contributed by atoms with Crippen molar-refractivity contribution in [1.29, 1.82) is 0 Å². The Hall–Kier alpha value is -2.67. The van der Waals surface area contributed by atoms with Crippen molar-refractivity contribution in [2.45, 2.75) is 26.3 Å². The Morgan fingerprint density at radius 2 is 2.03 bits per heavy atom. The minimum absolute atomic E-state index is 0.140. The summed E-state index contributed by atoms with van der Waals surface area (Å²) in [6.07, 6.45) is 5.85. The van der Waals surface area contributed by atoms with Crippen LogP contribution in [0.25, 0.3) is 5.69 Å². The van der Waals surface area contributed by atoms with Crippen molar-refractivity contribution in [2.75, 3.05) is 6.61 Å². The first-order chi connectivity index (χ1) is 14.5. The summed E-state index contributed by atoms with van der Waals surface area (Å²) >= 11 is 7.85. The van der Waals surface area contributed by atoms with Crippen LogP contribution in [0, 0.1) is 13.8 Å². The van der Waals surface area contributed by atoms with Crippen LogP contribution in [0.5, 0.6) is 0 Å². The van der Waals surface area contributed by atoms with Gasteiger partial charge < -0.3 is 14.2 Å². The maximum absolute atomic E-state index is 13.2. The van der Waals surface area contributed by atoms with Gasteiger partial charge in [-0.3, -0.25) is 4.79 Å². The molecule has 4 rings (SSSR count). The smallest absolute Gasteiger partial charge is 0.254 e. The Kier molecular flexibility index (Phi) is 5.90. The van der Waals surface area contributed by atoms with E-state index >= 15 is 0 Å². The highest BCUT2D eigenvalue weighted by Gasteiger charge is 2.18. The summed E-state index contributed by atoms with van der Waals surface area (Å²) in [6.45, 7) is 3.83. The zero-order valence-corrected chi connectivity index (χ0v) is 18.3. The number of hydrogen-bond acceptors (Lipinski definition) is 4. The molecule has 1 N–H and O–H groups in total. The van der Waals surface area contributed by atoms with Gasteiger partial charge in [0.05, 0.1) is 29.7 Å². The molecule has 0 amide bonds. The third-order valence-electron chi connectivity index (χ3n) is 5.11. The fourth-order valence-corrected chi connectivity index (χ4v) is 4.72. The summed E-state index contributed by atoms with van der Waals surface area (Å²) in [6, 6.07) is 11.2. The normalized spacial score (nSPS) is 12.3. The fourth-order valence-electron chi connectivity index (χ4n) is 3.67. The Bertz CT molecular complexity index is 1230. The molecule has 0 aliphatic rings. The van der Waals surface area contributed by atoms with Crippen LogP contribution in [-0.2, 0) is 6.42 Å². The van der Waals surface area contributed by atoms with Gasteiger partial charge >= 0.3 is 0 Å². The first kappa shape index (κ1) is 20.6. The molecule has 0 aliphatic heterocycles. The highest BCUT2D eigenvalue weighted by molar-refractivity contribution is 7.10. The van der Waals surface area contributed by atoms with Gasteiger partial charge in [-0.15, -0.1) is 11.3 Å². The van der Waals surface area contributed by atoms with Gasteiger partial charge in [-0.05, 0) is 48.6 Å². The number of thiophene rings is 1. The van der Waals surface area contributed by atoms with Crippen molar-refractivity contribution in [3.63, 3.8) is 0 Å². The second kappa shape index (κ2) is 8.60. The Balaban J connectivity index is 1.68. The van der Waals surface area contributed by atoms with E-state index < -0.39 is 6.04 Å². The molecule has 0 saturated heterocycles. The number of aliphatic hydroxyl groups is 1. The summed E-state index contributed by atoms with van der Waals surface area (Å²) in [4.78, 5) is 18.4. The number of halogens is 1. The van der Waals surface area contributed by atoms with Crippen LogP contribution >= 0.6 is 22.9 Å². The number of hydrogen-bond donors (Lipinski definition) is 1. The molecule has 0 fully saturated rings. The van der Waals surface area contributed by atoms with E-state index in [1.807, 2.05) is 54.3 Å². The second-order valence-electron chi connectivity index (χ2n) is 7.33. The molecule has 154 valence electrons. The molecule has 7 heteroatoms. The van der Waals surface area contributed by atoms with Crippen LogP contribution in [0.1, 0.15) is 33.3 Å². The van der Waals surface area contributed by atoms with E-state index in [9.17, 15) is 9.90 Å². The minimum Gasteiger partial charge on any atom is -0.394 e. The van der Waals surface area contributed by atoms with E-state index in [1.165, 1.54) is 11.3 Å². The van der Waals surface area contributed by atoms with Gasteiger partial charge in [0.25, 0.3) is 5.56 Å². The van der Waals surface area contributed by atoms with Crippen molar-refractivity contribution >= 4 is 22.9 Å². The molecule has 0 unspecified atom stereocenters. The lowest BCUT2D eigenvalue weighted by Crippen LogP contribution is -2.29. The van der Waals surface area contributed by atoms with Gasteiger partial charge in [0, 0.05) is 34.9 Å². The molecule has 0 saturated carbocycles.